The van der Waals surface area contributed by atoms with Crippen LogP contribution in [0.4, 0.5) is 0 Å². The minimum atomic E-state index is -0.549. The second-order valence-electron chi connectivity index (χ2n) is 0.352. The molecule has 5 heteroatoms. The molecule has 0 rings (SSSR count). The first-order valence-electron chi connectivity index (χ1n) is 0.954. The Morgan fingerprint density at radius 2 is 1.80 bits per heavy atom. The Kier molecular flexibility index (Phi) is 19.1. The average Bonchev–Trinajstić information content (AvgIpc) is 1.37. The molecule has 0 N–H and O–H groups in total. The van der Waals surface area contributed by atoms with Gasteiger partial charge in [-0.25, -0.2) is 0 Å². The molecule has 0 amide bonds. The molecule has 5 heavy (non-hydrogen) atoms. The van der Waals surface area contributed by atoms with E-state index >= 15 is 0 Å². The largest absolute Gasteiger partial charge is 0 e. The molecule has 0 fully saturated rings. The minimum absolute atomic E-state index is 0. The van der Waals surface area contributed by atoms with E-state index in [1.165, 1.54) is 8.11 Å². The van der Waals surface area contributed by atoms with Crippen LogP contribution in [-0.4, -0.2) is 8.11 Å². The van der Waals surface area contributed by atoms with Crippen LogP contribution in [0, 0.1) is 0 Å². The number of hydrogen-bond acceptors (Lipinski definition) is 1. The predicted octanol–water partition coefficient (Wildman–Crippen LogP) is -1.31. The fourth-order valence-corrected chi connectivity index (χ4v) is 0. The summed E-state index contributed by atoms with van der Waals surface area (Å²) in [7, 11) is 1.26. The molecule has 0 saturated carbocycles. The molecular formula is H3ORuSiTi2. The van der Waals surface area contributed by atoms with Gasteiger partial charge in [-0.2, -0.15) is 0 Å². The third-order valence-electron chi connectivity index (χ3n) is 0.102. The van der Waals surface area contributed by atoms with Gasteiger partial charge in [0.1, 0.15) is 0 Å². The van der Waals surface area contributed by atoms with E-state index in [1.807, 2.05) is 0 Å². The summed E-state index contributed by atoms with van der Waals surface area (Å²) < 4.78 is 9.51. The van der Waals surface area contributed by atoms with Gasteiger partial charge in [0.15, 0.2) is 0 Å². The first kappa shape index (κ1) is 10.1. The van der Waals surface area contributed by atoms with Crippen LogP contribution in [0.5, 0.6) is 0 Å². The van der Waals surface area contributed by atoms with Crippen molar-refractivity contribution in [2.24, 2.45) is 0 Å². The number of hydrogen-bond donors (Lipinski definition) is 0. The zero-order chi connectivity index (χ0) is 3.41. The van der Waals surface area contributed by atoms with Gasteiger partial charge >= 0.3 is 42.6 Å². The Morgan fingerprint density at radius 1 is 1.60 bits per heavy atom. The Balaban J connectivity index is 0. The quantitative estimate of drug-likeness (QED) is 0.523. The van der Waals surface area contributed by atoms with Crippen LogP contribution >= 0.6 is 0 Å². The molecule has 1 nitrogen and oxygen atoms in total. The van der Waals surface area contributed by atoms with Crippen molar-refractivity contribution in [2.45, 2.75) is 0 Å². The summed E-state index contributed by atoms with van der Waals surface area (Å²) in [6.45, 7) is 0. The molecule has 0 unspecified atom stereocenters. The molecule has 0 aliphatic carbocycles. The van der Waals surface area contributed by atoms with Gasteiger partial charge in [0, 0.05) is 19.5 Å². The van der Waals surface area contributed by atoms with E-state index in [1.54, 1.807) is 0 Å². The minimum Gasteiger partial charge on any atom is 0 e. The molecule has 0 bridgehead atoms. The van der Waals surface area contributed by atoms with Crippen LogP contribution in [0.25, 0.3) is 0 Å². The van der Waals surface area contributed by atoms with Gasteiger partial charge in [-0.1, -0.05) is 0 Å². The van der Waals surface area contributed by atoms with Gasteiger partial charge in [-0.15, -0.1) is 0 Å². The maximum absolute atomic E-state index is 9.51. The fourth-order valence-electron chi connectivity index (χ4n) is 0. The summed E-state index contributed by atoms with van der Waals surface area (Å²) in [6, 6.07) is 0. The summed E-state index contributed by atoms with van der Waals surface area (Å²) in [4.78, 5) is 0. The van der Waals surface area contributed by atoms with Gasteiger partial charge in [0.25, 0.3) is 0 Å². The van der Waals surface area contributed by atoms with E-state index in [9.17, 15) is 3.32 Å². The fraction of sp³-hybridized carbons (Fsp3) is 0. The second-order valence-corrected chi connectivity index (χ2v) is 14.5. The van der Waals surface area contributed by atoms with Crippen LogP contribution in [0.3, 0.4) is 0 Å². The van der Waals surface area contributed by atoms with Crippen molar-refractivity contribution < 1.29 is 53.9 Å². The van der Waals surface area contributed by atoms with Crippen molar-refractivity contribution in [1.82, 2.24) is 0 Å². The molecule has 0 aromatic heterocycles. The van der Waals surface area contributed by atoms with E-state index in [0.717, 1.165) is 0 Å². The summed E-state index contributed by atoms with van der Waals surface area (Å²) >= 11 is -0.327. The van der Waals surface area contributed by atoms with Gasteiger partial charge in [0.2, 0.25) is 0 Å². The normalized spacial score (nSPS) is 4.00. The standard InChI is InChI=1S/O.Ru.H3Si.2Ti/h;;1H3;;. The van der Waals surface area contributed by atoms with Crippen molar-refractivity contribution in [2.75, 3.05) is 0 Å². The Bertz CT molecular complexity index is 23.6. The summed E-state index contributed by atoms with van der Waals surface area (Å²) in [5, 5.41) is 0. The Morgan fingerprint density at radius 3 is 1.80 bits per heavy atom. The van der Waals surface area contributed by atoms with Crippen molar-refractivity contribution in [3.05, 3.63) is 0 Å². The zero-order valence-electron chi connectivity index (χ0n) is 2.76. The van der Waals surface area contributed by atoms with Crippen LogP contribution in [0.1, 0.15) is 0 Å². The van der Waals surface area contributed by atoms with Gasteiger partial charge in [-0.05, 0) is 0 Å². The van der Waals surface area contributed by atoms with Gasteiger partial charge in [-0.3, -0.25) is 0 Å². The maximum Gasteiger partial charge on any atom is 0 e. The molecule has 0 saturated heterocycles. The molecule has 0 aromatic carbocycles. The summed E-state index contributed by atoms with van der Waals surface area (Å²) in [5.74, 6) is 0. The molecule has 0 atom stereocenters. The molecular weight excluding hydrogens is 241 g/mol. The van der Waals surface area contributed by atoms with E-state index in [-0.39, 0.29) is 34.7 Å². The van der Waals surface area contributed by atoms with Crippen molar-refractivity contribution >= 4 is 8.11 Å². The molecule has 0 aromatic rings. The molecule has 0 aliphatic rings. The molecule has 0 heterocycles. The van der Waals surface area contributed by atoms with E-state index in [0.29, 0.717) is 0 Å². The maximum atomic E-state index is 9.51. The van der Waals surface area contributed by atoms with Gasteiger partial charge in [0.05, 0.1) is 0 Å². The molecule has 0 radical (unpaired) electrons. The predicted molar refractivity (Wildman–Crippen MR) is 10.6 cm³/mol. The van der Waals surface area contributed by atoms with E-state index in [4.69, 9.17) is 0 Å². The Labute approximate surface area is 61.2 Å². The molecule has 29 valence electrons. The van der Waals surface area contributed by atoms with Crippen LogP contribution in [0.2, 0.25) is 0 Å². The van der Waals surface area contributed by atoms with Crippen molar-refractivity contribution in [1.29, 1.82) is 0 Å². The Hall–Kier alpha value is 2.07. The van der Waals surface area contributed by atoms with Crippen LogP contribution in [-0.2, 0) is 53.9 Å². The molecule has 0 aliphatic heterocycles. The first-order valence-corrected chi connectivity index (χ1v) is 11.3. The molecule has 0 spiro atoms. The smallest absolute Gasteiger partial charge is 0 e. The monoisotopic (exact) mass is 245 g/mol. The first-order chi connectivity index (χ1) is 1.91. The van der Waals surface area contributed by atoms with E-state index < -0.39 is 15.9 Å². The summed E-state index contributed by atoms with van der Waals surface area (Å²) in [5.41, 5.74) is 0. The zero-order valence-corrected chi connectivity index (χ0v) is 9.62. The van der Waals surface area contributed by atoms with Crippen molar-refractivity contribution in [3.63, 3.8) is 0 Å². The number of rotatable bonds is 1. The van der Waals surface area contributed by atoms with Crippen molar-refractivity contribution in [3.8, 4) is 0 Å². The third-order valence-corrected chi connectivity index (χ3v) is 5.21. The second kappa shape index (κ2) is 9.42. The summed E-state index contributed by atoms with van der Waals surface area (Å²) in [6.07, 6.45) is 0. The SMILES string of the molecule is [O]=[Ti][Ti][SiH3].[Ru]. The van der Waals surface area contributed by atoms with E-state index in [2.05, 4.69) is 0 Å². The average molecular weight is 244 g/mol. The van der Waals surface area contributed by atoms with Crippen LogP contribution < -0.4 is 0 Å². The van der Waals surface area contributed by atoms with Gasteiger partial charge < -0.3 is 0 Å². The third kappa shape index (κ3) is 10.7. The van der Waals surface area contributed by atoms with Crippen LogP contribution in [0.15, 0.2) is 0 Å². The topological polar surface area (TPSA) is 17.1 Å².